The predicted octanol–water partition coefficient (Wildman–Crippen LogP) is 14.1. The Morgan fingerprint density at radius 2 is 0.966 bits per heavy atom. The predicted molar refractivity (Wildman–Crippen MR) is 243 cm³/mol. The monoisotopic (exact) mass is 764 g/mol. The van der Waals surface area contributed by atoms with Crippen molar-refractivity contribution in [2.24, 2.45) is 5.41 Å². The van der Waals surface area contributed by atoms with Crippen LogP contribution in [0.15, 0.2) is 162 Å². The van der Waals surface area contributed by atoms with E-state index < -0.39 is 0 Å². The lowest BCUT2D eigenvalue weighted by Crippen LogP contribution is -2.42. The molecule has 5 heteroatoms. The second-order valence-corrected chi connectivity index (χ2v) is 17.7. The maximum absolute atomic E-state index is 6.54. The van der Waals surface area contributed by atoms with Crippen LogP contribution in [0.3, 0.4) is 0 Å². The van der Waals surface area contributed by atoms with Gasteiger partial charge >= 0.3 is 0 Å². The summed E-state index contributed by atoms with van der Waals surface area (Å²) < 4.78 is 8.99. The van der Waals surface area contributed by atoms with E-state index in [1.54, 1.807) is 0 Å². The highest BCUT2D eigenvalue weighted by molar-refractivity contribution is 6.14. The zero-order valence-corrected chi connectivity index (χ0v) is 34.2. The molecule has 3 aromatic heterocycles. The van der Waals surface area contributed by atoms with E-state index in [1.807, 2.05) is 72.8 Å². The van der Waals surface area contributed by atoms with E-state index in [-0.39, 0.29) is 16.2 Å². The lowest BCUT2D eigenvalue weighted by atomic mass is 9.59. The van der Waals surface area contributed by atoms with Gasteiger partial charge < -0.3 is 8.98 Å². The van der Waals surface area contributed by atoms with Crippen LogP contribution < -0.4 is 0 Å². The number of aromatic nitrogens is 4. The Hall–Kier alpha value is -6.85. The van der Waals surface area contributed by atoms with Crippen LogP contribution in [0.25, 0.3) is 94.7 Å². The van der Waals surface area contributed by atoms with Gasteiger partial charge in [0, 0.05) is 43.9 Å². The van der Waals surface area contributed by atoms with Gasteiger partial charge in [0.25, 0.3) is 0 Å². The number of furan rings is 1. The van der Waals surface area contributed by atoms with Crippen LogP contribution in [0.5, 0.6) is 0 Å². The first-order valence-electron chi connectivity index (χ1n) is 20.5. The Labute approximate surface area is 344 Å². The average Bonchev–Trinajstić information content (AvgIpc) is 3.84. The Morgan fingerprint density at radius 3 is 1.61 bits per heavy atom. The van der Waals surface area contributed by atoms with Gasteiger partial charge in [0.05, 0.1) is 11.0 Å². The molecule has 0 unspecified atom stereocenters. The molecule has 5 nitrogen and oxygen atoms in total. The molecule has 0 amide bonds. The molecular weight excluding hydrogens is 721 g/mol. The molecule has 7 aromatic carbocycles. The summed E-state index contributed by atoms with van der Waals surface area (Å²) >= 11 is 0. The van der Waals surface area contributed by atoms with E-state index in [1.165, 1.54) is 32.9 Å². The number of benzene rings is 7. The van der Waals surface area contributed by atoms with E-state index >= 15 is 0 Å². The second-order valence-electron chi connectivity index (χ2n) is 17.7. The number of rotatable bonds is 5. The molecule has 0 atom stereocenters. The van der Waals surface area contributed by atoms with Crippen LogP contribution >= 0.6 is 0 Å². The van der Waals surface area contributed by atoms with E-state index in [9.17, 15) is 0 Å². The molecule has 1 aliphatic rings. The highest BCUT2D eigenvalue weighted by Gasteiger charge is 2.57. The maximum atomic E-state index is 6.54. The Morgan fingerprint density at radius 1 is 0.424 bits per heavy atom. The van der Waals surface area contributed by atoms with Crippen LogP contribution in [0, 0.1) is 5.41 Å². The Balaban J connectivity index is 1.12. The van der Waals surface area contributed by atoms with E-state index in [0.29, 0.717) is 17.5 Å². The average molecular weight is 765 g/mol. The minimum atomic E-state index is -0.00780. The number of nitrogens with zero attached hydrogens (tertiary/aromatic N) is 4. The molecule has 0 saturated carbocycles. The number of hydrogen-bond donors (Lipinski definition) is 0. The molecule has 1 aliphatic carbocycles. The number of hydrogen-bond acceptors (Lipinski definition) is 4. The zero-order chi connectivity index (χ0) is 40.3. The van der Waals surface area contributed by atoms with Crippen molar-refractivity contribution in [3.05, 3.63) is 169 Å². The van der Waals surface area contributed by atoms with Crippen molar-refractivity contribution >= 4 is 43.7 Å². The Bertz CT molecular complexity index is 3220. The summed E-state index contributed by atoms with van der Waals surface area (Å²) in [7, 11) is 0. The molecule has 0 aliphatic heterocycles. The van der Waals surface area contributed by atoms with E-state index in [2.05, 4.69) is 131 Å². The highest BCUT2D eigenvalue weighted by Crippen LogP contribution is 2.62. The lowest BCUT2D eigenvalue weighted by molar-refractivity contribution is 0.125. The van der Waals surface area contributed by atoms with E-state index in [0.717, 1.165) is 55.4 Å². The van der Waals surface area contributed by atoms with E-state index in [4.69, 9.17) is 19.4 Å². The highest BCUT2D eigenvalue weighted by atomic mass is 16.3. The third-order valence-corrected chi connectivity index (χ3v) is 14.2. The molecule has 0 N–H and O–H groups in total. The molecule has 286 valence electrons. The molecule has 0 fully saturated rings. The van der Waals surface area contributed by atoms with Crippen LogP contribution in [-0.4, -0.2) is 19.5 Å². The number of para-hydroxylation sites is 1. The van der Waals surface area contributed by atoms with Gasteiger partial charge in [-0.3, -0.25) is 0 Å². The van der Waals surface area contributed by atoms with Gasteiger partial charge in [-0.25, -0.2) is 15.0 Å². The van der Waals surface area contributed by atoms with Crippen molar-refractivity contribution in [1.82, 2.24) is 19.5 Å². The fourth-order valence-electron chi connectivity index (χ4n) is 9.71. The standard InChI is InChI=1S/C54H44N4O/c1-52(2)42-31-40-39-29-35(25-27-44(39)58(37-21-14-9-15-22-37)45(40)32-43(42)53(3,4)54(52,5)6)36-26-28-46-41(30-36)48-38(23-16-24-47(48)59-46)51-56-49(33-17-10-7-11-18-33)55-50(57-51)34-19-12-8-13-20-34/h7-32H,1-6H3. The van der Waals surface area contributed by atoms with Gasteiger partial charge in [0.2, 0.25) is 0 Å². The summed E-state index contributed by atoms with van der Waals surface area (Å²) in [5, 5.41) is 4.53. The second kappa shape index (κ2) is 12.6. The van der Waals surface area contributed by atoms with Gasteiger partial charge in [-0.05, 0) is 93.1 Å². The summed E-state index contributed by atoms with van der Waals surface area (Å²) in [6.07, 6.45) is 0. The van der Waals surface area contributed by atoms with Gasteiger partial charge in [-0.1, -0.05) is 145 Å². The van der Waals surface area contributed by atoms with Crippen LogP contribution in [-0.2, 0) is 10.8 Å². The fourth-order valence-corrected chi connectivity index (χ4v) is 9.71. The molecule has 0 bridgehead atoms. The Kier molecular flexibility index (Phi) is 7.53. The SMILES string of the molecule is CC1(C)c2cc3c4cc(-c5ccc6oc7cccc(-c8nc(-c9ccccc9)nc(-c9ccccc9)n8)c7c6c5)ccc4n(-c4ccccc4)c3cc2C(C)(C)C1(C)C. The molecular formula is C54H44N4O. The molecule has 0 radical (unpaired) electrons. The third kappa shape index (κ3) is 5.13. The summed E-state index contributed by atoms with van der Waals surface area (Å²) in [6.45, 7) is 14.6. The first-order valence-corrected chi connectivity index (χ1v) is 20.5. The summed E-state index contributed by atoms with van der Waals surface area (Å²) in [5.41, 5.74) is 13.2. The maximum Gasteiger partial charge on any atom is 0.164 e. The topological polar surface area (TPSA) is 56.7 Å². The normalized spacial score (nSPS) is 15.4. The van der Waals surface area contributed by atoms with Gasteiger partial charge in [0.1, 0.15) is 11.2 Å². The molecule has 11 rings (SSSR count). The van der Waals surface area contributed by atoms with Crippen LogP contribution in [0.2, 0.25) is 0 Å². The quantitative estimate of drug-likeness (QED) is 0.175. The van der Waals surface area contributed by atoms with Crippen molar-refractivity contribution in [2.45, 2.75) is 52.4 Å². The smallest absolute Gasteiger partial charge is 0.164 e. The first-order chi connectivity index (χ1) is 28.5. The lowest BCUT2D eigenvalue weighted by Gasteiger charge is -2.44. The van der Waals surface area contributed by atoms with Crippen molar-refractivity contribution in [2.75, 3.05) is 0 Å². The molecule has 3 heterocycles. The largest absolute Gasteiger partial charge is 0.456 e. The van der Waals surface area contributed by atoms with Gasteiger partial charge in [0.15, 0.2) is 17.5 Å². The van der Waals surface area contributed by atoms with Crippen LogP contribution in [0.1, 0.15) is 52.7 Å². The van der Waals surface area contributed by atoms with Crippen molar-refractivity contribution in [3.8, 4) is 51.0 Å². The zero-order valence-electron chi connectivity index (χ0n) is 34.2. The molecule has 59 heavy (non-hydrogen) atoms. The van der Waals surface area contributed by atoms with Gasteiger partial charge in [-0.15, -0.1) is 0 Å². The molecule has 0 spiro atoms. The first kappa shape index (κ1) is 35.3. The molecule has 10 aromatic rings. The van der Waals surface area contributed by atoms with Crippen molar-refractivity contribution < 1.29 is 4.42 Å². The fraction of sp³-hybridized carbons (Fsp3) is 0.167. The van der Waals surface area contributed by atoms with Crippen molar-refractivity contribution in [1.29, 1.82) is 0 Å². The van der Waals surface area contributed by atoms with Crippen molar-refractivity contribution in [3.63, 3.8) is 0 Å². The summed E-state index contributed by atoms with van der Waals surface area (Å²) in [6, 6.07) is 55.6. The minimum Gasteiger partial charge on any atom is -0.456 e. The molecule has 0 saturated heterocycles. The summed E-state index contributed by atoms with van der Waals surface area (Å²) in [4.78, 5) is 15.1. The summed E-state index contributed by atoms with van der Waals surface area (Å²) in [5.74, 6) is 1.86. The van der Waals surface area contributed by atoms with Crippen LogP contribution in [0.4, 0.5) is 0 Å². The minimum absolute atomic E-state index is 0.00167. The third-order valence-electron chi connectivity index (χ3n) is 14.2. The van der Waals surface area contributed by atoms with Gasteiger partial charge in [-0.2, -0.15) is 0 Å². The number of fused-ring (bicyclic) bond motifs is 7.